The number of benzene rings is 8. The summed E-state index contributed by atoms with van der Waals surface area (Å²) in [5, 5.41) is 7.43. The van der Waals surface area contributed by atoms with Gasteiger partial charge in [0.1, 0.15) is 0 Å². The van der Waals surface area contributed by atoms with E-state index in [2.05, 4.69) is 192 Å². The Bertz CT molecular complexity index is 2600. The zero-order valence-electron chi connectivity index (χ0n) is 28.0. The Labute approximate surface area is 298 Å². The molecule has 9 aromatic rings. The van der Waals surface area contributed by atoms with Crippen LogP contribution in [0.4, 0.5) is 17.1 Å². The van der Waals surface area contributed by atoms with Crippen molar-refractivity contribution in [3.8, 4) is 22.3 Å². The number of pyridine rings is 1. The summed E-state index contributed by atoms with van der Waals surface area (Å²) >= 11 is 0. The number of anilines is 3. The zero-order chi connectivity index (χ0) is 34.0. The second-order valence-corrected chi connectivity index (χ2v) is 12.8. The molecular formula is C49H34N2. The number of hydrogen-bond acceptors (Lipinski definition) is 2. The van der Waals surface area contributed by atoms with Crippen LogP contribution in [0.1, 0.15) is 11.3 Å². The average molecular weight is 651 g/mol. The van der Waals surface area contributed by atoms with Gasteiger partial charge in [-0.3, -0.25) is 4.98 Å². The van der Waals surface area contributed by atoms with Gasteiger partial charge >= 0.3 is 0 Å². The van der Waals surface area contributed by atoms with E-state index in [4.69, 9.17) is 0 Å². The first-order valence-electron chi connectivity index (χ1n) is 17.4. The topological polar surface area (TPSA) is 16.1 Å². The molecule has 0 aliphatic carbocycles. The molecule has 2 heteroatoms. The van der Waals surface area contributed by atoms with Crippen LogP contribution in [0.2, 0.25) is 0 Å². The van der Waals surface area contributed by atoms with Crippen molar-refractivity contribution in [3.05, 3.63) is 206 Å². The summed E-state index contributed by atoms with van der Waals surface area (Å²) in [4.78, 5) is 6.76. The molecule has 2 nitrogen and oxygen atoms in total. The minimum atomic E-state index is 0.948. The van der Waals surface area contributed by atoms with Gasteiger partial charge in [0.15, 0.2) is 0 Å². The molecule has 0 spiro atoms. The summed E-state index contributed by atoms with van der Waals surface area (Å²) in [6.07, 6.45) is 6.00. The Morgan fingerprint density at radius 3 is 1.49 bits per heavy atom. The normalized spacial score (nSPS) is 11.5. The van der Waals surface area contributed by atoms with Crippen molar-refractivity contribution < 1.29 is 0 Å². The maximum absolute atomic E-state index is 4.42. The maximum Gasteiger partial charge on any atom is 0.0629 e. The van der Waals surface area contributed by atoms with Gasteiger partial charge in [-0.15, -0.1) is 0 Å². The lowest BCUT2D eigenvalue weighted by Gasteiger charge is -2.26. The van der Waals surface area contributed by atoms with E-state index >= 15 is 0 Å². The summed E-state index contributed by atoms with van der Waals surface area (Å²) < 4.78 is 0. The SMILES string of the molecule is C(=C\c1ccccn1)/c1ccc(-c2c3ccccc3c(-c3ccc(N(c4ccccc4)c4ccc5ccccc5c4)cc3)c3ccccc23)cc1. The molecule has 9 rings (SSSR count). The van der Waals surface area contributed by atoms with Crippen molar-refractivity contribution >= 4 is 61.5 Å². The van der Waals surface area contributed by atoms with E-state index in [9.17, 15) is 0 Å². The van der Waals surface area contributed by atoms with Gasteiger partial charge in [0.05, 0.1) is 5.69 Å². The molecule has 0 saturated heterocycles. The van der Waals surface area contributed by atoms with Gasteiger partial charge < -0.3 is 4.90 Å². The fourth-order valence-corrected chi connectivity index (χ4v) is 7.28. The van der Waals surface area contributed by atoms with Crippen LogP contribution in [0.15, 0.2) is 194 Å². The highest BCUT2D eigenvalue weighted by Crippen LogP contribution is 2.44. The van der Waals surface area contributed by atoms with E-state index in [0.717, 1.165) is 28.3 Å². The second kappa shape index (κ2) is 13.3. The molecule has 0 aliphatic rings. The fourth-order valence-electron chi connectivity index (χ4n) is 7.28. The Morgan fingerprint density at radius 2 is 0.882 bits per heavy atom. The largest absolute Gasteiger partial charge is 0.310 e. The molecule has 0 saturated carbocycles. The Kier molecular flexibility index (Phi) is 7.88. The summed E-state index contributed by atoms with van der Waals surface area (Å²) in [5.74, 6) is 0. The number of para-hydroxylation sites is 1. The van der Waals surface area contributed by atoms with Crippen LogP contribution in [-0.2, 0) is 0 Å². The third-order valence-electron chi connectivity index (χ3n) is 9.68. The van der Waals surface area contributed by atoms with E-state index < -0.39 is 0 Å². The second-order valence-electron chi connectivity index (χ2n) is 12.8. The molecule has 0 atom stereocenters. The molecule has 0 fully saturated rings. The molecule has 0 N–H and O–H groups in total. The van der Waals surface area contributed by atoms with E-state index in [1.165, 1.54) is 54.6 Å². The molecule has 1 heterocycles. The van der Waals surface area contributed by atoms with Gasteiger partial charge in [-0.25, -0.2) is 0 Å². The van der Waals surface area contributed by atoms with Gasteiger partial charge in [0.2, 0.25) is 0 Å². The van der Waals surface area contributed by atoms with Crippen molar-refractivity contribution in [3.63, 3.8) is 0 Å². The van der Waals surface area contributed by atoms with E-state index in [1.54, 1.807) is 0 Å². The minimum Gasteiger partial charge on any atom is -0.310 e. The quantitative estimate of drug-likeness (QED) is 0.160. The first-order valence-corrected chi connectivity index (χ1v) is 17.4. The molecule has 0 bridgehead atoms. The molecule has 0 unspecified atom stereocenters. The van der Waals surface area contributed by atoms with Crippen LogP contribution in [0.25, 0.3) is 66.7 Å². The molecule has 240 valence electrons. The highest BCUT2D eigenvalue weighted by Gasteiger charge is 2.18. The highest BCUT2D eigenvalue weighted by atomic mass is 15.1. The molecule has 51 heavy (non-hydrogen) atoms. The van der Waals surface area contributed by atoms with Gasteiger partial charge in [-0.05, 0) is 115 Å². The monoisotopic (exact) mass is 650 g/mol. The lowest BCUT2D eigenvalue weighted by Crippen LogP contribution is -2.09. The van der Waals surface area contributed by atoms with Gasteiger partial charge in [-0.1, -0.05) is 146 Å². The standard InChI is InChI=1S/C49H34N2/c1-2-15-41(16-3-1)51(43-32-26-36-12-4-5-13-39(36)34-43)42-30-27-38(28-31-42)49-46-19-8-6-17-44(46)48(45-18-7-9-20-47(45)49)37-24-21-35(22-25-37)23-29-40-14-10-11-33-50-40/h1-34H/b29-23+. The van der Waals surface area contributed by atoms with Crippen LogP contribution < -0.4 is 4.90 Å². The number of aromatic nitrogens is 1. The van der Waals surface area contributed by atoms with Gasteiger partial charge in [0.25, 0.3) is 0 Å². The first kappa shape index (κ1) is 30.3. The first-order chi connectivity index (χ1) is 25.3. The third-order valence-corrected chi connectivity index (χ3v) is 9.68. The van der Waals surface area contributed by atoms with Crippen molar-refractivity contribution in [1.82, 2.24) is 4.98 Å². The van der Waals surface area contributed by atoms with E-state index in [-0.39, 0.29) is 0 Å². The van der Waals surface area contributed by atoms with Crippen molar-refractivity contribution in [2.45, 2.75) is 0 Å². The fraction of sp³-hybridized carbons (Fsp3) is 0. The number of fused-ring (bicyclic) bond motifs is 3. The third kappa shape index (κ3) is 5.83. The molecule has 1 aromatic heterocycles. The van der Waals surface area contributed by atoms with E-state index in [1.807, 2.05) is 24.4 Å². The summed E-state index contributed by atoms with van der Waals surface area (Å²) in [6, 6.07) is 67.4. The molecule has 0 amide bonds. The Hall–Kier alpha value is -6.77. The van der Waals surface area contributed by atoms with Crippen LogP contribution in [0.3, 0.4) is 0 Å². The smallest absolute Gasteiger partial charge is 0.0629 e. The van der Waals surface area contributed by atoms with Crippen LogP contribution in [-0.4, -0.2) is 4.98 Å². The maximum atomic E-state index is 4.42. The zero-order valence-corrected chi connectivity index (χ0v) is 28.0. The molecular weight excluding hydrogens is 617 g/mol. The van der Waals surface area contributed by atoms with E-state index in [0.29, 0.717) is 0 Å². The summed E-state index contributed by atoms with van der Waals surface area (Å²) in [7, 11) is 0. The number of hydrogen-bond donors (Lipinski definition) is 0. The molecule has 0 aliphatic heterocycles. The Morgan fingerprint density at radius 1 is 0.373 bits per heavy atom. The molecule has 0 radical (unpaired) electrons. The van der Waals surface area contributed by atoms with Crippen LogP contribution in [0.5, 0.6) is 0 Å². The Balaban J connectivity index is 1.14. The average Bonchev–Trinajstić information content (AvgIpc) is 3.20. The molecule has 8 aromatic carbocycles. The number of nitrogens with zero attached hydrogens (tertiary/aromatic N) is 2. The predicted molar refractivity (Wildman–Crippen MR) is 218 cm³/mol. The van der Waals surface area contributed by atoms with Crippen molar-refractivity contribution in [1.29, 1.82) is 0 Å². The van der Waals surface area contributed by atoms with Crippen molar-refractivity contribution in [2.24, 2.45) is 0 Å². The summed E-state index contributed by atoms with van der Waals surface area (Å²) in [6.45, 7) is 0. The number of rotatable bonds is 7. The predicted octanol–water partition coefficient (Wildman–Crippen LogP) is 13.5. The van der Waals surface area contributed by atoms with Crippen LogP contribution >= 0.6 is 0 Å². The summed E-state index contributed by atoms with van der Waals surface area (Å²) in [5.41, 5.74) is 10.4. The van der Waals surface area contributed by atoms with Gasteiger partial charge in [-0.2, -0.15) is 0 Å². The highest BCUT2D eigenvalue weighted by molar-refractivity contribution is 6.21. The van der Waals surface area contributed by atoms with Gasteiger partial charge in [0, 0.05) is 23.3 Å². The minimum absolute atomic E-state index is 0.948. The van der Waals surface area contributed by atoms with Crippen molar-refractivity contribution in [2.75, 3.05) is 4.90 Å². The lowest BCUT2D eigenvalue weighted by atomic mass is 9.86. The lowest BCUT2D eigenvalue weighted by molar-refractivity contribution is 1.29. The van der Waals surface area contributed by atoms with Crippen LogP contribution in [0, 0.1) is 0 Å².